The van der Waals surface area contributed by atoms with Gasteiger partial charge in [0.05, 0.1) is 21.8 Å². The van der Waals surface area contributed by atoms with Gasteiger partial charge in [-0.1, -0.05) is 23.9 Å². The average Bonchev–Trinajstić information content (AvgIpc) is 3.32. The van der Waals surface area contributed by atoms with Crippen LogP contribution >= 0.6 is 23.1 Å². The van der Waals surface area contributed by atoms with Gasteiger partial charge >= 0.3 is 0 Å². The van der Waals surface area contributed by atoms with Crippen molar-refractivity contribution in [2.75, 3.05) is 12.3 Å². The van der Waals surface area contributed by atoms with Gasteiger partial charge in [0, 0.05) is 12.3 Å². The second-order valence-electron chi connectivity index (χ2n) is 6.03. The van der Waals surface area contributed by atoms with Crippen molar-refractivity contribution in [3.05, 3.63) is 46.1 Å². The van der Waals surface area contributed by atoms with E-state index in [1.54, 1.807) is 24.3 Å². The topological polar surface area (TPSA) is 89.2 Å². The number of nitrogens with zero attached hydrogens (tertiary/aromatic N) is 4. The Morgan fingerprint density at radius 2 is 1.81 bits per heavy atom. The molecule has 0 radical (unpaired) electrons. The van der Waals surface area contributed by atoms with Crippen LogP contribution in [-0.2, 0) is 0 Å². The number of rotatable bonds is 6. The van der Waals surface area contributed by atoms with Gasteiger partial charge < -0.3 is 4.42 Å². The number of carbonyl (C=O) groups is 2. The highest BCUT2D eigenvalue weighted by atomic mass is 32.2. The van der Waals surface area contributed by atoms with Gasteiger partial charge in [-0.15, -0.1) is 21.5 Å². The molecule has 0 fully saturated rings. The van der Waals surface area contributed by atoms with E-state index < -0.39 is 0 Å². The molecule has 27 heavy (non-hydrogen) atoms. The Hall–Kier alpha value is -2.52. The highest BCUT2D eigenvalue weighted by Crippen LogP contribution is 2.30. The Morgan fingerprint density at radius 3 is 2.44 bits per heavy atom. The fraction of sp³-hybridized carbons (Fsp3) is 0.278. The van der Waals surface area contributed by atoms with Gasteiger partial charge in [-0.3, -0.25) is 14.5 Å². The van der Waals surface area contributed by atoms with Crippen LogP contribution in [0.4, 0.5) is 0 Å². The molecule has 138 valence electrons. The Balaban J connectivity index is 1.32. The molecule has 0 N–H and O–H groups in total. The predicted octanol–water partition coefficient (Wildman–Crippen LogP) is 3.59. The number of aryl methyl sites for hydroxylation is 2. The molecule has 2 amide bonds. The molecule has 9 heteroatoms. The van der Waals surface area contributed by atoms with Gasteiger partial charge in [-0.2, -0.15) is 0 Å². The minimum absolute atomic E-state index is 0.225. The van der Waals surface area contributed by atoms with Crippen molar-refractivity contribution in [3.8, 4) is 10.8 Å². The first-order valence-electron chi connectivity index (χ1n) is 8.40. The summed E-state index contributed by atoms with van der Waals surface area (Å²) in [7, 11) is 0. The van der Waals surface area contributed by atoms with Crippen molar-refractivity contribution in [1.29, 1.82) is 0 Å². The summed E-state index contributed by atoms with van der Waals surface area (Å²) in [5.41, 5.74) is 1.84. The second kappa shape index (κ2) is 7.24. The van der Waals surface area contributed by atoms with Gasteiger partial charge in [0.1, 0.15) is 4.88 Å². The van der Waals surface area contributed by atoms with Crippen molar-refractivity contribution < 1.29 is 14.0 Å². The zero-order chi connectivity index (χ0) is 19.0. The second-order valence-corrected chi connectivity index (χ2v) is 8.28. The number of amides is 2. The molecule has 0 saturated heterocycles. The lowest BCUT2D eigenvalue weighted by Gasteiger charge is -2.12. The van der Waals surface area contributed by atoms with Crippen LogP contribution in [0.1, 0.15) is 37.8 Å². The van der Waals surface area contributed by atoms with E-state index in [1.165, 1.54) is 28.0 Å². The van der Waals surface area contributed by atoms with E-state index in [0.29, 0.717) is 41.0 Å². The first-order valence-corrected chi connectivity index (χ1v) is 10.2. The molecule has 1 aliphatic heterocycles. The maximum absolute atomic E-state index is 12.3. The number of benzene rings is 1. The quantitative estimate of drug-likeness (QED) is 0.355. The van der Waals surface area contributed by atoms with E-state index in [1.807, 2.05) is 13.8 Å². The molecule has 0 atom stereocenters. The van der Waals surface area contributed by atoms with Gasteiger partial charge in [0.25, 0.3) is 22.9 Å². The van der Waals surface area contributed by atoms with E-state index in [4.69, 9.17) is 4.42 Å². The van der Waals surface area contributed by atoms with E-state index in [2.05, 4.69) is 15.2 Å². The number of imide groups is 1. The van der Waals surface area contributed by atoms with Crippen LogP contribution in [0.15, 0.2) is 33.9 Å². The van der Waals surface area contributed by atoms with Crippen LogP contribution in [0, 0.1) is 13.8 Å². The average molecular weight is 400 g/mol. The van der Waals surface area contributed by atoms with E-state index in [9.17, 15) is 9.59 Å². The number of fused-ring (bicyclic) bond motifs is 1. The summed E-state index contributed by atoms with van der Waals surface area (Å²) < 4.78 is 5.69. The lowest BCUT2D eigenvalue weighted by atomic mass is 10.1. The summed E-state index contributed by atoms with van der Waals surface area (Å²) in [4.78, 5) is 31.2. The SMILES string of the molecule is Cc1nc(C)c(-c2nnc(SCCCN3C(=O)c4ccccc4C3=O)o2)s1. The number of thioether (sulfide) groups is 1. The number of aromatic nitrogens is 3. The van der Waals surface area contributed by atoms with Gasteiger partial charge in [0.15, 0.2) is 0 Å². The molecule has 0 saturated carbocycles. The van der Waals surface area contributed by atoms with Crippen molar-refractivity contribution >= 4 is 34.9 Å². The number of carbonyl (C=O) groups excluding carboxylic acids is 2. The Morgan fingerprint density at radius 1 is 1.11 bits per heavy atom. The minimum atomic E-state index is -0.225. The minimum Gasteiger partial charge on any atom is -0.410 e. The normalized spacial score (nSPS) is 13.5. The highest BCUT2D eigenvalue weighted by Gasteiger charge is 2.34. The van der Waals surface area contributed by atoms with E-state index >= 15 is 0 Å². The third-order valence-electron chi connectivity index (χ3n) is 4.13. The molecule has 3 heterocycles. The van der Waals surface area contributed by atoms with Crippen molar-refractivity contribution in [2.24, 2.45) is 0 Å². The Bertz CT molecular complexity index is 992. The summed E-state index contributed by atoms with van der Waals surface area (Å²) in [5.74, 6) is 0.685. The van der Waals surface area contributed by atoms with Gasteiger partial charge in [-0.05, 0) is 32.4 Å². The van der Waals surface area contributed by atoms with E-state index in [-0.39, 0.29) is 11.8 Å². The standard InChI is InChI=1S/C18H16N4O3S2/c1-10-14(27-11(2)19-10)15-20-21-18(25-15)26-9-5-8-22-16(23)12-6-3-4-7-13(12)17(22)24/h3-4,6-7H,5,8-9H2,1-2H3. The molecule has 0 aliphatic carbocycles. The fourth-order valence-corrected chi connectivity index (χ4v) is 4.44. The largest absolute Gasteiger partial charge is 0.410 e. The summed E-state index contributed by atoms with van der Waals surface area (Å²) in [6.45, 7) is 4.22. The monoisotopic (exact) mass is 400 g/mol. The lowest BCUT2D eigenvalue weighted by Crippen LogP contribution is -2.30. The zero-order valence-electron chi connectivity index (χ0n) is 14.8. The van der Waals surface area contributed by atoms with Crippen LogP contribution in [0.25, 0.3) is 10.8 Å². The third-order valence-corrected chi connectivity index (χ3v) is 6.10. The molecule has 7 nitrogen and oxygen atoms in total. The first-order chi connectivity index (χ1) is 13.0. The third kappa shape index (κ3) is 3.40. The first kappa shape index (κ1) is 17.9. The molecule has 0 spiro atoms. The Labute approximate surface area is 163 Å². The molecular formula is C18H16N4O3S2. The predicted molar refractivity (Wildman–Crippen MR) is 102 cm³/mol. The smallest absolute Gasteiger partial charge is 0.276 e. The molecule has 4 rings (SSSR count). The number of hydrogen-bond acceptors (Lipinski definition) is 8. The summed E-state index contributed by atoms with van der Waals surface area (Å²) in [6, 6.07) is 6.91. The number of thiazole rings is 1. The van der Waals surface area contributed by atoms with Gasteiger partial charge in [0.2, 0.25) is 0 Å². The summed E-state index contributed by atoms with van der Waals surface area (Å²) in [5, 5.41) is 9.56. The van der Waals surface area contributed by atoms with Crippen LogP contribution in [0.5, 0.6) is 0 Å². The molecule has 0 unspecified atom stereocenters. The molecule has 0 bridgehead atoms. The highest BCUT2D eigenvalue weighted by molar-refractivity contribution is 7.99. The van der Waals surface area contributed by atoms with Crippen molar-refractivity contribution in [1.82, 2.24) is 20.1 Å². The lowest BCUT2D eigenvalue weighted by molar-refractivity contribution is 0.0655. The summed E-state index contributed by atoms with van der Waals surface area (Å²) in [6.07, 6.45) is 0.645. The Kier molecular flexibility index (Phi) is 4.79. The zero-order valence-corrected chi connectivity index (χ0v) is 16.4. The number of hydrogen-bond donors (Lipinski definition) is 0. The summed E-state index contributed by atoms with van der Waals surface area (Å²) >= 11 is 2.94. The van der Waals surface area contributed by atoms with Crippen LogP contribution in [0.2, 0.25) is 0 Å². The maximum atomic E-state index is 12.3. The maximum Gasteiger partial charge on any atom is 0.276 e. The van der Waals surface area contributed by atoms with Crippen LogP contribution in [0.3, 0.4) is 0 Å². The molecule has 3 aromatic rings. The van der Waals surface area contributed by atoms with Gasteiger partial charge in [-0.25, -0.2) is 4.98 Å². The molecule has 2 aromatic heterocycles. The van der Waals surface area contributed by atoms with Crippen molar-refractivity contribution in [2.45, 2.75) is 25.5 Å². The van der Waals surface area contributed by atoms with E-state index in [0.717, 1.165) is 15.6 Å². The molecule has 1 aliphatic rings. The fourth-order valence-electron chi connectivity index (χ4n) is 2.91. The molecular weight excluding hydrogens is 384 g/mol. The van der Waals surface area contributed by atoms with Crippen LogP contribution < -0.4 is 0 Å². The molecule has 1 aromatic carbocycles. The van der Waals surface area contributed by atoms with Crippen LogP contribution in [-0.4, -0.2) is 44.2 Å². The van der Waals surface area contributed by atoms with Crippen molar-refractivity contribution in [3.63, 3.8) is 0 Å².